The van der Waals surface area contributed by atoms with Crippen LogP contribution in [-0.2, 0) is 9.53 Å². The van der Waals surface area contributed by atoms with Gasteiger partial charge in [-0.25, -0.2) is 0 Å². The van der Waals surface area contributed by atoms with E-state index in [1.165, 1.54) is 0 Å². The number of carbonyl (C=O) groups is 1. The van der Waals surface area contributed by atoms with Crippen LogP contribution in [0.15, 0.2) is 4.99 Å². The Morgan fingerprint density at radius 3 is 2.56 bits per heavy atom. The van der Waals surface area contributed by atoms with E-state index < -0.39 is 0 Å². The number of guanidine groups is 1. The summed E-state index contributed by atoms with van der Waals surface area (Å²) >= 11 is 0. The molecule has 1 atom stereocenters. The quantitative estimate of drug-likeness (QED) is 0.274. The Hall–Kier alpha value is -0.610. The van der Waals surface area contributed by atoms with Crippen LogP contribution in [0, 0.1) is 5.92 Å². The van der Waals surface area contributed by atoms with E-state index in [4.69, 9.17) is 4.74 Å². The first-order valence-electron chi connectivity index (χ1n) is 10.1. The van der Waals surface area contributed by atoms with Crippen molar-refractivity contribution in [2.45, 2.75) is 47.1 Å². The first kappa shape index (κ1) is 26.4. The van der Waals surface area contributed by atoms with Crippen LogP contribution < -0.4 is 10.6 Å². The zero-order valence-corrected chi connectivity index (χ0v) is 20.1. The van der Waals surface area contributed by atoms with Gasteiger partial charge in [-0.3, -0.25) is 14.7 Å². The van der Waals surface area contributed by atoms with E-state index in [9.17, 15) is 4.79 Å². The first-order valence-corrected chi connectivity index (χ1v) is 10.1. The Balaban J connectivity index is 0.00000676. The fourth-order valence-corrected chi connectivity index (χ4v) is 3.13. The lowest BCUT2D eigenvalue weighted by atomic mass is 10.2. The molecule has 1 aliphatic heterocycles. The number of rotatable bonds is 10. The summed E-state index contributed by atoms with van der Waals surface area (Å²) in [5.74, 6) is 1.60. The van der Waals surface area contributed by atoms with Crippen LogP contribution in [0.5, 0.6) is 0 Å². The van der Waals surface area contributed by atoms with Crippen molar-refractivity contribution in [2.75, 3.05) is 59.0 Å². The molecule has 0 saturated carbocycles. The Labute approximate surface area is 182 Å². The van der Waals surface area contributed by atoms with Crippen molar-refractivity contribution in [3.05, 3.63) is 0 Å². The van der Waals surface area contributed by atoms with Crippen LogP contribution in [0.25, 0.3) is 0 Å². The third-order valence-electron chi connectivity index (χ3n) is 4.39. The van der Waals surface area contributed by atoms with Crippen LogP contribution in [0.2, 0.25) is 0 Å². The maximum atomic E-state index is 12.1. The minimum atomic E-state index is 0. The van der Waals surface area contributed by atoms with Gasteiger partial charge in [0.15, 0.2) is 5.96 Å². The van der Waals surface area contributed by atoms with Gasteiger partial charge in [0.1, 0.15) is 0 Å². The van der Waals surface area contributed by atoms with Crippen molar-refractivity contribution in [3.8, 4) is 0 Å². The molecule has 1 rings (SSSR count). The van der Waals surface area contributed by atoms with Gasteiger partial charge in [0.25, 0.3) is 0 Å². The SMILES string of the molecule is CCNC(=NCC1CN(CC(C)C)CCO1)NCCC(=O)N(CC)CC.I. The number of nitrogens with zero attached hydrogens (tertiary/aromatic N) is 3. The van der Waals surface area contributed by atoms with Gasteiger partial charge in [0, 0.05) is 52.2 Å². The van der Waals surface area contributed by atoms with Crippen molar-refractivity contribution < 1.29 is 9.53 Å². The Morgan fingerprint density at radius 1 is 1.26 bits per heavy atom. The second-order valence-corrected chi connectivity index (χ2v) is 7.11. The summed E-state index contributed by atoms with van der Waals surface area (Å²) in [6.07, 6.45) is 0.615. The fourth-order valence-electron chi connectivity index (χ4n) is 3.13. The van der Waals surface area contributed by atoms with E-state index in [1.807, 2.05) is 25.7 Å². The van der Waals surface area contributed by atoms with Crippen LogP contribution in [0.1, 0.15) is 41.0 Å². The lowest BCUT2D eigenvalue weighted by molar-refractivity contribution is -0.130. The standard InChI is InChI=1S/C19H39N5O2.HI/c1-6-20-19(21-10-9-18(25)24(7-2)8-3)22-13-17-15-23(11-12-26-17)14-16(4)5;/h16-17H,6-15H2,1-5H3,(H2,20,21,22);1H. The summed E-state index contributed by atoms with van der Waals surface area (Å²) < 4.78 is 5.86. The molecule has 0 aromatic rings. The number of ether oxygens (including phenoxy) is 1. The number of morpholine rings is 1. The third-order valence-corrected chi connectivity index (χ3v) is 4.39. The van der Waals surface area contributed by atoms with E-state index in [0.29, 0.717) is 25.4 Å². The zero-order chi connectivity index (χ0) is 19.4. The highest BCUT2D eigenvalue weighted by molar-refractivity contribution is 14.0. The first-order chi connectivity index (χ1) is 12.5. The molecule has 2 N–H and O–H groups in total. The zero-order valence-electron chi connectivity index (χ0n) is 17.8. The van der Waals surface area contributed by atoms with Gasteiger partial charge >= 0.3 is 0 Å². The van der Waals surface area contributed by atoms with Crippen molar-refractivity contribution in [1.29, 1.82) is 0 Å². The lowest BCUT2D eigenvalue weighted by Gasteiger charge is -2.33. The lowest BCUT2D eigenvalue weighted by Crippen LogP contribution is -2.46. The van der Waals surface area contributed by atoms with E-state index in [-0.39, 0.29) is 36.0 Å². The monoisotopic (exact) mass is 497 g/mol. The molecular formula is C19H40IN5O2. The molecule has 0 aromatic carbocycles. The summed E-state index contributed by atoms with van der Waals surface area (Å²) in [5, 5.41) is 6.50. The third kappa shape index (κ3) is 11.1. The Kier molecular flexibility index (Phi) is 15.0. The maximum absolute atomic E-state index is 12.1. The van der Waals surface area contributed by atoms with Gasteiger partial charge in [-0.15, -0.1) is 24.0 Å². The molecule has 8 heteroatoms. The molecule has 0 aliphatic carbocycles. The number of hydrogen-bond donors (Lipinski definition) is 2. The number of aliphatic imine (C=N–C) groups is 1. The summed E-state index contributed by atoms with van der Waals surface area (Å²) in [6.45, 7) is 17.9. The summed E-state index contributed by atoms with van der Waals surface area (Å²) in [7, 11) is 0. The predicted octanol–water partition coefficient (Wildman–Crippen LogP) is 1.77. The summed E-state index contributed by atoms with van der Waals surface area (Å²) in [5.41, 5.74) is 0. The second-order valence-electron chi connectivity index (χ2n) is 7.11. The Morgan fingerprint density at radius 2 is 1.96 bits per heavy atom. The molecule has 1 saturated heterocycles. The molecule has 0 aromatic heterocycles. The molecule has 1 aliphatic rings. The molecule has 0 bridgehead atoms. The largest absolute Gasteiger partial charge is 0.374 e. The van der Waals surface area contributed by atoms with Gasteiger partial charge < -0.3 is 20.3 Å². The van der Waals surface area contributed by atoms with Crippen LogP contribution in [0.3, 0.4) is 0 Å². The molecule has 1 heterocycles. The van der Waals surface area contributed by atoms with Crippen molar-refractivity contribution in [2.24, 2.45) is 10.9 Å². The molecular weight excluding hydrogens is 457 g/mol. The molecule has 7 nitrogen and oxygen atoms in total. The predicted molar refractivity (Wildman–Crippen MR) is 123 cm³/mol. The maximum Gasteiger partial charge on any atom is 0.224 e. The van der Waals surface area contributed by atoms with Gasteiger partial charge in [0.2, 0.25) is 5.91 Å². The minimum Gasteiger partial charge on any atom is -0.374 e. The van der Waals surface area contributed by atoms with Gasteiger partial charge in [0.05, 0.1) is 19.3 Å². The molecule has 1 fully saturated rings. The highest BCUT2D eigenvalue weighted by Crippen LogP contribution is 2.08. The second kappa shape index (κ2) is 15.3. The molecule has 1 unspecified atom stereocenters. The highest BCUT2D eigenvalue weighted by atomic mass is 127. The molecule has 27 heavy (non-hydrogen) atoms. The van der Waals surface area contributed by atoms with Gasteiger partial charge in [-0.05, 0) is 26.7 Å². The van der Waals surface area contributed by atoms with E-state index in [0.717, 1.165) is 51.8 Å². The average Bonchev–Trinajstić information content (AvgIpc) is 2.60. The average molecular weight is 497 g/mol. The van der Waals surface area contributed by atoms with Gasteiger partial charge in [-0.2, -0.15) is 0 Å². The molecule has 0 spiro atoms. The van der Waals surface area contributed by atoms with Crippen LogP contribution >= 0.6 is 24.0 Å². The Bertz CT molecular complexity index is 430. The highest BCUT2D eigenvalue weighted by Gasteiger charge is 2.20. The summed E-state index contributed by atoms with van der Waals surface area (Å²) in [4.78, 5) is 21.0. The number of halogens is 1. The van der Waals surface area contributed by atoms with Gasteiger partial charge in [-0.1, -0.05) is 13.8 Å². The van der Waals surface area contributed by atoms with Crippen molar-refractivity contribution in [3.63, 3.8) is 0 Å². The number of carbonyl (C=O) groups excluding carboxylic acids is 1. The fraction of sp³-hybridized carbons (Fsp3) is 0.895. The van der Waals surface area contributed by atoms with Crippen LogP contribution in [0.4, 0.5) is 0 Å². The number of amides is 1. The van der Waals surface area contributed by atoms with E-state index >= 15 is 0 Å². The molecule has 0 radical (unpaired) electrons. The molecule has 160 valence electrons. The molecule has 1 amide bonds. The van der Waals surface area contributed by atoms with Crippen LogP contribution in [-0.4, -0.2) is 86.7 Å². The van der Waals surface area contributed by atoms with E-state index in [1.54, 1.807) is 0 Å². The number of hydrogen-bond acceptors (Lipinski definition) is 4. The minimum absolute atomic E-state index is 0. The smallest absolute Gasteiger partial charge is 0.224 e. The summed E-state index contributed by atoms with van der Waals surface area (Å²) in [6, 6.07) is 0. The van der Waals surface area contributed by atoms with Crippen molar-refractivity contribution in [1.82, 2.24) is 20.4 Å². The normalized spacial score (nSPS) is 18.1. The van der Waals surface area contributed by atoms with E-state index in [2.05, 4.69) is 34.4 Å². The van der Waals surface area contributed by atoms with Crippen molar-refractivity contribution >= 4 is 35.8 Å². The topological polar surface area (TPSA) is 69.2 Å². The number of nitrogens with one attached hydrogen (secondary N) is 2.